The first-order valence-electron chi connectivity index (χ1n) is 3.42. The highest BCUT2D eigenvalue weighted by atomic mass is 14.8. The second-order valence-electron chi connectivity index (χ2n) is 2.21. The van der Waals surface area contributed by atoms with E-state index >= 15 is 0 Å². The zero-order valence-corrected chi connectivity index (χ0v) is 6.46. The normalized spacial score (nSPS) is 9.09. The Morgan fingerprint density at radius 3 is 3.18 bits per heavy atom. The number of nitrogens with one attached hydrogen (secondary N) is 1. The summed E-state index contributed by atoms with van der Waals surface area (Å²) in [6, 6.07) is 1.84. The van der Waals surface area contributed by atoms with Crippen LogP contribution in [0.2, 0.25) is 0 Å². The summed E-state index contributed by atoms with van der Waals surface area (Å²) in [5.74, 6) is 2.60. The molecule has 0 aliphatic rings. The van der Waals surface area contributed by atoms with E-state index in [1.165, 1.54) is 0 Å². The third kappa shape index (κ3) is 1.79. The summed E-state index contributed by atoms with van der Waals surface area (Å²) in [5.41, 5.74) is 1.98. The van der Waals surface area contributed by atoms with Gasteiger partial charge in [0, 0.05) is 24.5 Å². The highest BCUT2D eigenvalue weighted by Crippen LogP contribution is 2.03. The standard InChI is InChI=1S/C9H10N2/c1-3-8-4-5-11-7-9(8)6-10-2/h1,4-5,7,10H,6H2,2H3. The smallest absolute Gasteiger partial charge is 0.0325 e. The largest absolute Gasteiger partial charge is 0.316 e. The Hall–Kier alpha value is -1.33. The van der Waals surface area contributed by atoms with E-state index in [0.717, 1.165) is 17.7 Å². The van der Waals surface area contributed by atoms with E-state index in [9.17, 15) is 0 Å². The van der Waals surface area contributed by atoms with Gasteiger partial charge in [-0.1, -0.05) is 5.92 Å². The summed E-state index contributed by atoms with van der Waals surface area (Å²) in [6.07, 6.45) is 8.76. The van der Waals surface area contributed by atoms with E-state index in [1.54, 1.807) is 12.4 Å². The zero-order valence-electron chi connectivity index (χ0n) is 6.46. The minimum Gasteiger partial charge on any atom is -0.316 e. The lowest BCUT2D eigenvalue weighted by molar-refractivity contribution is 0.811. The summed E-state index contributed by atoms with van der Waals surface area (Å²) in [4.78, 5) is 3.98. The molecule has 0 saturated heterocycles. The Kier molecular flexibility index (Phi) is 2.65. The fraction of sp³-hybridized carbons (Fsp3) is 0.222. The molecule has 2 nitrogen and oxygen atoms in total. The molecule has 1 aromatic rings. The molecule has 0 saturated carbocycles. The lowest BCUT2D eigenvalue weighted by Crippen LogP contribution is -2.06. The maximum Gasteiger partial charge on any atom is 0.0325 e. The Morgan fingerprint density at radius 2 is 2.55 bits per heavy atom. The van der Waals surface area contributed by atoms with E-state index in [1.807, 2.05) is 13.1 Å². The molecule has 0 amide bonds. The van der Waals surface area contributed by atoms with Crippen LogP contribution in [-0.2, 0) is 6.54 Å². The molecule has 1 heterocycles. The van der Waals surface area contributed by atoms with E-state index in [2.05, 4.69) is 16.2 Å². The second-order valence-corrected chi connectivity index (χ2v) is 2.21. The van der Waals surface area contributed by atoms with Crippen molar-refractivity contribution in [1.29, 1.82) is 0 Å². The Bertz CT molecular complexity index is 273. The fourth-order valence-corrected chi connectivity index (χ4v) is 0.899. The summed E-state index contributed by atoms with van der Waals surface area (Å²) in [6.45, 7) is 0.771. The number of hydrogen-bond donors (Lipinski definition) is 1. The molecular formula is C9H10N2. The van der Waals surface area contributed by atoms with Crippen molar-refractivity contribution in [2.75, 3.05) is 7.05 Å². The fourth-order valence-electron chi connectivity index (χ4n) is 0.899. The van der Waals surface area contributed by atoms with Gasteiger partial charge in [0.2, 0.25) is 0 Å². The first kappa shape index (κ1) is 7.77. The molecule has 0 radical (unpaired) electrons. The summed E-state index contributed by atoms with van der Waals surface area (Å²) in [5, 5.41) is 3.02. The van der Waals surface area contributed by atoms with Crippen LogP contribution in [0, 0.1) is 12.3 Å². The minimum atomic E-state index is 0.771. The quantitative estimate of drug-likeness (QED) is 0.624. The number of nitrogens with zero attached hydrogens (tertiary/aromatic N) is 1. The van der Waals surface area contributed by atoms with Gasteiger partial charge in [-0.05, 0) is 18.7 Å². The average Bonchev–Trinajstić information content (AvgIpc) is 2.06. The van der Waals surface area contributed by atoms with E-state index in [0.29, 0.717) is 0 Å². The Labute approximate surface area is 66.7 Å². The van der Waals surface area contributed by atoms with Crippen LogP contribution in [0.15, 0.2) is 18.5 Å². The monoisotopic (exact) mass is 146 g/mol. The van der Waals surface area contributed by atoms with E-state index in [4.69, 9.17) is 6.42 Å². The van der Waals surface area contributed by atoms with Crippen molar-refractivity contribution < 1.29 is 0 Å². The van der Waals surface area contributed by atoms with Gasteiger partial charge < -0.3 is 5.32 Å². The van der Waals surface area contributed by atoms with Crippen molar-refractivity contribution in [2.24, 2.45) is 0 Å². The average molecular weight is 146 g/mol. The molecule has 1 aromatic heterocycles. The van der Waals surface area contributed by atoms with Crippen LogP contribution in [0.1, 0.15) is 11.1 Å². The molecule has 1 N–H and O–H groups in total. The van der Waals surface area contributed by atoms with Crippen LogP contribution in [0.3, 0.4) is 0 Å². The van der Waals surface area contributed by atoms with Crippen LogP contribution in [0.5, 0.6) is 0 Å². The maximum atomic E-state index is 5.28. The van der Waals surface area contributed by atoms with Crippen LogP contribution in [0.25, 0.3) is 0 Å². The molecule has 0 aliphatic heterocycles. The molecule has 0 fully saturated rings. The Morgan fingerprint density at radius 1 is 1.73 bits per heavy atom. The molecule has 0 aromatic carbocycles. The molecule has 56 valence electrons. The molecule has 0 aliphatic carbocycles. The highest BCUT2D eigenvalue weighted by Gasteiger charge is 1.95. The molecular weight excluding hydrogens is 136 g/mol. The predicted octanol–water partition coefficient (Wildman–Crippen LogP) is 0.782. The second kappa shape index (κ2) is 3.75. The van der Waals surface area contributed by atoms with Crippen LogP contribution in [-0.4, -0.2) is 12.0 Å². The van der Waals surface area contributed by atoms with Gasteiger partial charge in [0.05, 0.1) is 0 Å². The van der Waals surface area contributed by atoms with Crippen LogP contribution < -0.4 is 5.32 Å². The van der Waals surface area contributed by atoms with E-state index in [-0.39, 0.29) is 0 Å². The summed E-state index contributed by atoms with van der Waals surface area (Å²) in [7, 11) is 1.88. The van der Waals surface area contributed by atoms with Crippen molar-refractivity contribution in [3.05, 3.63) is 29.6 Å². The van der Waals surface area contributed by atoms with Gasteiger partial charge in [-0.15, -0.1) is 6.42 Å². The van der Waals surface area contributed by atoms with Gasteiger partial charge in [0.25, 0.3) is 0 Å². The summed E-state index contributed by atoms with van der Waals surface area (Å²) < 4.78 is 0. The lowest BCUT2D eigenvalue weighted by atomic mass is 10.1. The van der Waals surface area contributed by atoms with Gasteiger partial charge in [-0.3, -0.25) is 4.98 Å². The SMILES string of the molecule is C#Cc1ccncc1CNC. The van der Waals surface area contributed by atoms with Crippen molar-refractivity contribution >= 4 is 0 Å². The molecule has 2 heteroatoms. The van der Waals surface area contributed by atoms with Crippen molar-refractivity contribution in [2.45, 2.75) is 6.54 Å². The molecule has 0 unspecified atom stereocenters. The van der Waals surface area contributed by atoms with Gasteiger partial charge >= 0.3 is 0 Å². The molecule has 11 heavy (non-hydrogen) atoms. The third-order valence-corrected chi connectivity index (χ3v) is 1.43. The molecule has 0 bridgehead atoms. The van der Waals surface area contributed by atoms with E-state index < -0.39 is 0 Å². The first-order valence-corrected chi connectivity index (χ1v) is 3.42. The number of pyridine rings is 1. The van der Waals surface area contributed by atoms with Crippen molar-refractivity contribution in [1.82, 2.24) is 10.3 Å². The number of hydrogen-bond acceptors (Lipinski definition) is 2. The first-order chi connectivity index (χ1) is 5.38. The topological polar surface area (TPSA) is 24.9 Å². The minimum absolute atomic E-state index is 0.771. The van der Waals surface area contributed by atoms with Gasteiger partial charge in [-0.25, -0.2) is 0 Å². The number of rotatable bonds is 2. The van der Waals surface area contributed by atoms with Crippen LogP contribution in [0.4, 0.5) is 0 Å². The number of aromatic nitrogens is 1. The lowest BCUT2D eigenvalue weighted by Gasteiger charge is -2.00. The predicted molar refractivity (Wildman–Crippen MR) is 44.9 cm³/mol. The zero-order chi connectivity index (χ0) is 8.10. The van der Waals surface area contributed by atoms with Crippen LogP contribution >= 0.6 is 0 Å². The molecule has 0 spiro atoms. The Balaban J connectivity index is 2.95. The maximum absolute atomic E-state index is 5.28. The van der Waals surface area contributed by atoms with Gasteiger partial charge in [-0.2, -0.15) is 0 Å². The van der Waals surface area contributed by atoms with Crippen molar-refractivity contribution in [3.8, 4) is 12.3 Å². The molecule has 1 rings (SSSR count). The number of terminal acetylenes is 1. The summed E-state index contributed by atoms with van der Waals surface area (Å²) >= 11 is 0. The van der Waals surface area contributed by atoms with Crippen molar-refractivity contribution in [3.63, 3.8) is 0 Å². The molecule has 0 atom stereocenters. The highest BCUT2D eigenvalue weighted by molar-refractivity contribution is 5.37. The van der Waals surface area contributed by atoms with Gasteiger partial charge in [0.15, 0.2) is 0 Å². The third-order valence-electron chi connectivity index (χ3n) is 1.43. The van der Waals surface area contributed by atoms with Gasteiger partial charge in [0.1, 0.15) is 0 Å².